The molecule has 0 saturated heterocycles. The zero-order valence-corrected chi connectivity index (χ0v) is 21.7. The third-order valence-corrected chi connectivity index (χ3v) is 6.35. The minimum atomic E-state index is -1.09. The minimum absolute atomic E-state index is 0.0332. The van der Waals surface area contributed by atoms with Crippen LogP contribution in [-0.2, 0) is 16.6 Å². The van der Waals surface area contributed by atoms with E-state index in [4.69, 9.17) is 11.6 Å². The Kier molecular flexibility index (Phi) is 7.69. The van der Waals surface area contributed by atoms with Crippen molar-refractivity contribution in [1.82, 2.24) is 15.3 Å². The summed E-state index contributed by atoms with van der Waals surface area (Å²) in [5, 5.41) is 13.0. The number of carboxylic acids is 1. The summed E-state index contributed by atoms with van der Waals surface area (Å²) in [7, 11) is 0. The number of aromatic nitrogens is 2. The van der Waals surface area contributed by atoms with Crippen LogP contribution in [0.25, 0.3) is 22.5 Å². The van der Waals surface area contributed by atoms with Gasteiger partial charge in [0.2, 0.25) is 0 Å². The van der Waals surface area contributed by atoms with Crippen molar-refractivity contribution in [3.05, 3.63) is 107 Å². The molecule has 6 nitrogen and oxygen atoms in total. The lowest BCUT2D eigenvalue weighted by molar-refractivity contribution is -0.139. The molecule has 0 fully saturated rings. The van der Waals surface area contributed by atoms with Gasteiger partial charge in [-0.05, 0) is 46.4 Å². The summed E-state index contributed by atoms with van der Waals surface area (Å²) in [6.45, 7) is 6.28. The number of hydrogen-bond donors (Lipinski definition) is 2. The molecule has 0 aliphatic heterocycles. The molecule has 0 bridgehead atoms. The smallest absolute Gasteiger partial charge is 0.326 e. The zero-order chi connectivity index (χ0) is 26.6. The number of rotatable bonds is 7. The first-order valence-electron chi connectivity index (χ1n) is 11.9. The minimum Gasteiger partial charge on any atom is -0.480 e. The summed E-state index contributed by atoms with van der Waals surface area (Å²) in [4.78, 5) is 33.5. The van der Waals surface area contributed by atoms with E-state index in [9.17, 15) is 14.7 Å². The maximum absolute atomic E-state index is 12.7. The van der Waals surface area contributed by atoms with E-state index in [1.807, 2.05) is 60.7 Å². The fraction of sp³-hybridized carbons (Fsp3) is 0.200. The van der Waals surface area contributed by atoms with Crippen molar-refractivity contribution >= 4 is 23.5 Å². The van der Waals surface area contributed by atoms with Gasteiger partial charge in [0.1, 0.15) is 6.04 Å². The molecule has 7 heteroatoms. The lowest BCUT2D eigenvalue weighted by atomic mass is 9.86. The third kappa shape index (κ3) is 6.60. The van der Waals surface area contributed by atoms with Gasteiger partial charge in [0.05, 0.1) is 0 Å². The number of hydrogen-bond acceptors (Lipinski definition) is 4. The third-order valence-electron chi connectivity index (χ3n) is 6.10. The van der Waals surface area contributed by atoms with E-state index >= 15 is 0 Å². The Hall–Kier alpha value is -4.03. The average Bonchev–Trinajstić information content (AvgIpc) is 2.89. The van der Waals surface area contributed by atoms with Gasteiger partial charge in [-0.15, -0.1) is 0 Å². The monoisotopic (exact) mass is 513 g/mol. The van der Waals surface area contributed by atoms with Gasteiger partial charge in [-0.25, -0.2) is 14.8 Å². The van der Waals surface area contributed by atoms with E-state index in [2.05, 4.69) is 36.1 Å². The quantitative estimate of drug-likeness (QED) is 0.307. The lowest BCUT2D eigenvalue weighted by Gasteiger charge is -2.19. The molecule has 188 valence electrons. The number of carbonyl (C=O) groups is 2. The summed E-state index contributed by atoms with van der Waals surface area (Å²) in [5.41, 5.74) is 4.92. The summed E-state index contributed by atoms with van der Waals surface area (Å²) in [6.07, 6.45) is 3.66. The highest BCUT2D eigenvalue weighted by Crippen LogP contribution is 2.24. The topological polar surface area (TPSA) is 92.2 Å². The highest BCUT2D eigenvalue weighted by Gasteiger charge is 2.22. The molecule has 2 N–H and O–H groups in total. The number of carbonyl (C=O) groups excluding carboxylic acids is 1. The molecule has 1 heterocycles. The molecule has 3 aromatic carbocycles. The Morgan fingerprint density at radius 1 is 0.838 bits per heavy atom. The van der Waals surface area contributed by atoms with Gasteiger partial charge in [-0.1, -0.05) is 80.9 Å². The summed E-state index contributed by atoms with van der Waals surface area (Å²) in [5.74, 6) is -0.949. The van der Waals surface area contributed by atoms with Crippen molar-refractivity contribution in [2.45, 2.75) is 38.6 Å². The van der Waals surface area contributed by atoms with Gasteiger partial charge in [-0.3, -0.25) is 4.79 Å². The average molecular weight is 514 g/mol. The fourth-order valence-electron chi connectivity index (χ4n) is 3.86. The zero-order valence-electron chi connectivity index (χ0n) is 20.9. The van der Waals surface area contributed by atoms with Crippen LogP contribution in [0.4, 0.5) is 0 Å². The van der Waals surface area contributed by atoms with Crippen molar-refractivity contribution < 1.29 is 14.7 Å². The summed E-state index contributed by atoms with van der Waals surface area (Å²) >= 11 is 5.95. The van der Waals surface area contributed by atoms with Crippen LogP contribution in [0.15, 0.2) is 85.2 Å². The first-order chi connectivity index (χ1) is 17.6. The SMILES string of the molecule is CC(C)(C)c1ccc(C(=O)NC(Cc2ccc(-c3ncc(-c4ccc(Cl)cc4)cn3)cc2)C(=O)O)cc1. The molecule has 1 amide bonds. The maximum atomic E-state index is 12.7. The second-order valence-corrected chi connectivity index (χ2v) is 10.3. The predicted molar refractivity (Wildman–Crippen MR) is 146 cm³/mol. The number of amides is 1. The molecule has 4 aromatic rings. The van der Waals surface area contributed by atoms with Crippen molar-refractivity contribution in [3.8, 4) is 22.5 Å². The van der Waals surface area contributed by atoms with Crippen molar-refractivity contribution in [2.24, 2.45) is 0 Å². The Morgan fingerprint density at radius 3 is 1.95 bits per heavy atom. The Morgan fingerprint density at radius 2 is 1.41 bits per heavy atom. The van der Waals surface area contributed by atoms with E-state index in [0.29, 0.717) is 16.4 Å². The van der Waals surface area contributed by atoms with E-state index in [1.165, 1.54) is 0 Å². The van der Waals surface area contributed by atoms with Crippen LogP contribution in [0.2, 0.25) is 5.02 Å². The van der Waals surface area contributed by atoms with Crippen LogP contribution in [-0.4, -0.2) is 33.0 Å². The summed E-state index contributed by atoms with van der Waals surface area (Å²) < 4.78 is 0. The lowest BCUT2D eigenvalue weighted by Crippen LogP contribution is -2.42. The van der Waals surface area contributed by atoms with Crippen LogP contribution < -0.4 is 5.32 Å². The Labute approximate surface area is 221 Å². The molecule has 0 aliphatic rings. The van der Waals surface area contributed by atoms with Gasteiger partial charge in [0, 0.05) is 40.5 Å². The number of halogens is 1. The maximum Gasteiger partial charge on any atom is 0.326 e. The Balaban J connectivity index is 1.42. The number of nitrogens with one attached hydrogen (secondary N) is 1. The molecule has 1 unspecified atom stereocenters. The molecule has 1 aromatic heterocycles. The number of carboxylic acid groups (broad SMARTS) is 1. The van der Waals surface area contributed by atoms with Gasteiger partial charge < -0.3 is 10.4 Å². The van der Waals surface area contributed by atoms with E-state index < -0.39 is 17.9 Å². The summed E-state index contributed by atoms with van der Waals surface area (Å²) in [6, 6.07) is 21.0. The van der Waals surface area contributed by atoms with Crippen LogP contribution in [0, 0.1) is 0 Å². The van der Waals surface area contributed by atoms with Gasteiger partial charge in [0.15, 0.2) is 5.82 Å². The van der Waals surface area contributed by atoms with E-state index in [1.54, 1.807) is 24.5 Å². The van der Waals surface area contributed by atoms with Crippen molar-refractivity contribution in [2.75, 3.05) is 0 Å². The molecular weight excluding hydrogens is 486 g/mol. The van der Waals surface area contributed by atoms with Crippen molar-refractivity contribution in [3.63, 3.8) is 0 Å². The van der Waals surface area contributed by atoms with Crippen LogP contribution in [0.1, 0.15) is 42.3 Å². The number of nitrogens with zero attached hydrogens (tertiary/aromatic N) is 2. The standard InChI is InChI=1S/C30H28ClN3O3/c1-30(2,3)24-12-8-22(9-13-24)28(35)34-26(29(36)37)16-19-4-6-21(7-5-19)27-32-17-23(18-33-27)20-10-14-25(31)15-11-20/h4-15,17-18,26H,16H2,1-3H3,(H,34,35)(H,36,37). The molecule has 0 spiro atoms. The highest BCUT2D eigenvalue weighted by atomic mass is 35.5. The first-order valence-corrected chi connectivity index (χ1v) is 12.3. The number of benzene rings is 3. The molecule has 0 radical (unpaired) electrons. The Bertz CT molecular complexity index is 1380. The van der Waals surface area contributed by atoms with Crippen LogP contribution in [0.5, 0.6) is 0 Å². The van der Waals surface area contributed by atoms with Gasteiger partial charge in [-0.2, -0.15) is 0 Å². The largest absolute Gasteiger partial charge is 0.480 e. The second-order valence-electron chi connectivity index (χ2n) is 9.89. The van der Waals surface area contributed by atoms with Crippen LogP contribution in [0.3, 0.4) is 0 Å². The fourth-order valence-corrected chi connectivity index (χ4v) is 3.98. The van der Waals surface area contributed by atoms with Gasteiger partial charge in [0.25, 0.3) is 5.91 Å². The van der Waals surface area contributed by atoms with Crippen molar-refractivity contribution in [1.29, 1.82) is 0 Å². The van der Waals surface area contributed by atoms with Gasteiger partial charge >= 0.3 is 5.97 Å². The molecule has 0 aliphatic carbocycles. The van der Waals surface area contributed by atoms with Crippen LogP contribution >= 0.6 is 11.6 Å². The number of aliphatic carboxylic acids is 1. The molecule has 0 saturated carbocycles. The van der Waals surface area contributed by atoms with E-state index in [-0.39, 0.29) is 11.8 Å². The normalized spacial score (nSPS) is 12.1. The molecule has 4 rings (SSSR count). The van der Waals surface area contributed by atoms with E-state index in [0.717, 1.165) is 27.8 Å². The highest BCUT2D eigenvalue weighted by molar-refractivity contribution is 6.30. The molecular formula is C30H28ClN3O3. The first kappa shape index (κ1) is 26.0. The second kappa shape index (κ2) is 10.9. The molecule has 37 heavy (non-hydrogen) atoms. The predicted octanol–water partition coefficient (Wildman–Crippen LogP) is 6.19. The molecule has 1 atom stereocenters.